The van der Waals surface area contributed by atoms with Gasteiger partial charge in [0.1, 0.15) is 12.0 Å². The van der Waals surface area contributed by atoms with Crippen LogP contribution in [0.1, 0.15) is 19.5 Å². The molecule has 5 nitrogen and oxygen atoms in total. The molecule has 0 aliphatic carbocycles. The van der Waals surface area contributed by atoms with Crippen molar-refractivity contribution in [2.24, 2.45) is 4.99 Å². The maximum absolute atomic E-state index is 4.40. The maximum Gasteiger partial charge on any atom is 0.141 e. The summed E-state index contributed by atoms with van der Waals surface area (Å²) < 4.78 is 0. The molecule has 100 valence electrons. The second-order valence-electron chi connectivity index (χ2n) is 4.16. The third-order valence-electron chi connectivity index (χ3n) is 3.03. The molecule has 0 unspecified atom stereocenters. The van der Waals surface area contributed by atoms with E-state index in [1.54, 1.807) is 13.4 Å². The van der Waals surface area contributed by atoms with E-state index in [1.807, 2.05) is 18.5 Å². The monoisotopic (exact) mass is 257 g/mol. The van der Waals surface area contributed by atoms with Gasteiger partial charge in [-0.15, -0.1) is 0 Å². The van der Waals surface area contributed by atoms with Crippen LogP contribution in [0.15, 0.2) is 29.8 Å². The summed E-state index contributed by atoms with van der Waals surface area (Å²) in [5, 5.41) is 1.01. The number of nitrogens with one attached hydrogen (secondary N) is 1. The van der Waals surface area contributed by atoms with Gasteiger partial charge in [0.25, 0.3) is 0 Å². The Morgan fingerprint density at radius 2 is 2.16 bits per heavy atom. The Labute approximate surface area is 113 Å². The van der Waals surface area contributed by atoms with Gasteiger partial charge in [0.2, 0.25) is 0 Å². The van der Waals surface area contributed by atoms with Crippen molar-refractivity contribution in [1.29, 1.82) is 0 Å². The fourth-order valence-corrected chi connectivity index (χ4v) is 2.00. The first kappa shape index (κ1) is 13.3. The molecule has 2 aromatic heterocycles. The van der Waals surface area contributed by atoms with Gasteiger partial charge in [-0.2, -0.15) is 0 Å². The Hall–Kier alpha value is -2.17. The van der Waals surface area contributed by atoms with Gasteiger partial charge in [0.05, 0.1) is 5.69 Å². The molecular formula is C14H19N5. The number of aliphatic imine (C=N–C) groups is 1. The van der Waals surface area contributed by atoms with Gasteiger partial charge in [-0.05, 0) is 19.9 Å². The molecule has 0 bridgehead atoms. The van der Waals surface area contributed by atoms with Crippen LogP contribution in [-0.2, 0) is 0 Å². The molecule has 5 heteroatoms. The molecule has 0 saturated heterocycles. The average molecular weight is 257 g/mol. The van der Waals surface area contributed by atoms with E-state index in [2.05, 4.69) is 44.9 Å². The minimum Gasteiger partial charge on any atom is -0.377 e. The van der Waals surface area contributed by atoms with E-state index >= 15 is 0 Å². The van der Waals surface area contributed by atoms with Crippen LogP contribution in [0.25, 0.3) is 16.6 Å². The average Bonchev–Trinajstić information content (AvgIpc) is 2.91. The number of hydrogen-bond acceptors (Lipinski definition) is 4. The van der Waals surface area contributed by atoms with E-state index in [0.717, 1.165) is 35.4 Å². The molecule has 2 rings (SSSR count). The molecule has 0 amide bonds. The van der Waals surface area contributed by atoms with E-state index in [9.17, 15) is 0 Å². The van der Waals surface area contributed by atoms with Gasteiger partial charge in [-0.25, -0.2) is 9.97 Å². The van der Waals surface area contributed by atoms with Crippen LogP contribution in [0, 0.1) is 0 Å². The van der Waals surface area contributed by atoms with E-state index in [4.69, 9.17) is 0 Å². The van der Waals surface area contributed by atoms with Crippen LogP contribution in [0.3, 0.4) is 0 Å². The van der Waals surface area contributed by atoms with Crippen molar-refractivity contribution in [3.05, 3.63) is 30.5 Å². The molecule has 1 N–H and O–H groups in total. The van der Waals surface area contributed by atoms with Crippen LogP contribution in [0.2, 0.25) is 0 Å². The lowest BCUT2D eigenvalue weighted by molar-refractivity contribution is 0.421. The van der Waals surface area contributed by atoms with Gasteiger partial charge in [-0.3, -0.25) is 4.99 Å². The van der Waals surface area contributed by atoms with Crippen LogP contribution < -0.4 is 0 Å². The van der Waals surface area contributed by atoms with E-state index in [-0.39, 0.29) is 0 Å². The second kappa shape index (κ2) is 6.13. The lowest BCUT2D eigenvalue weighted by atomic mass is 10.1. The summed E-state index contributed by atoms with van der Waals surface area (Å²) in [4.78, 5) is 18.1. The van der Waals surface area contributed by atoms with Crippen molar-refractivity contribution >= 4 is 22.8 Å². The number of fused-ring (bicyclic) bond motifs is 1. The van der Waals surface area contributed by atoms with Gasteiger partial charge in [0, 0.05) is 49.7 Å². The fraction of sp³-hybridized carbons (Fsp3) is 0.357. The zero-order valence-electron chi connectivity index (χ0n) is 11.6. The Bertz CT molecular complexity index is 593. The molecule has 0 aliphatic heterocycles. The molecule has 0 spiro atoms. The third-order valence-corrected chi connectivity index (χ3v) is 3.03. The molecule has 0 aliphatic rings. The standard InChI is InChI=1S/C14H19N5/c1-4-19(5-2)9-11(8-15-3)13-12-6-7-16-14(12)18-10-17-13/h6-10H,4-5H2,1-3H3,(H,16,17,18)/b11-9+,15-8?. The number of H-pyrrole nitrogens is 1. The van der Waals surface area contributed by atoms with Crippen molar-refractivity contribution in [3.63, 3.8) is 0 Å². The Morgan fingerprint density at radius 1 is 1.37 bits per heavy atom. The third kappa shape index (κ3) is 2.81. The smallest absolute Gasteiger partial charge is 0.141 e. The summed E-state index contributed by atoms with van der Waals surface area (Å²) >= 11 is 0. The molecule has 2 heterocycles. The van der Waals surface area contributed by atoms with Gasteiger partial charge >= 0.3 is 0 Å². The number of rotatable bonds is 5. The molecule has 19 heavy (non-hydrogen) atoms. The van der Waals surface area contributed by atoms with Crippen LogP contribution in [-0.4, -0.2) is 46.2 Å². The lowest BCUT2D eigenvalue weighted by Gasteiger charge is -2.16. The first-order valence-corrected chi connectivity index (χ1v) is 6.46. The first-order valence-electron chi connectivity index (χ1n) is 6.46. The van der Waals surface area contributed by atoms with Crippen molar-refractivity contribution in [2.45, 2.75) is 13.8 Å². The molecule has 0 atom stereocenters. The Balaban J connectivity index is 2.52. The highest BCUT2D eigenvalue weighted by molar-refractivity contribution is 6.13. The Kier molecular flexibility index (Phi) is 4.28. The maximum atomic E-state index is 4.40. The Morgan fingerprint density at radius 3 is 2.84 bits per heavy atom. The largest absolute Gasteiger partial charge is 0.377 e. The van der Waals surface area contributed by atoms with Crippen molar-refractivity contribution in [3.8, 4) is 0 Å². The zero-order valence-corrected chi connectivity index (χ0v) is 11.6. The summed E-state index contributed by atoms with van der Waals surface area (Å²) in [5.74, 6) is 0. The topological polar surface area (TPSA) is 57.2 Å². The second-order valence-corrected chi connectivity index (χ2v) is 4.16. The number of aromatic amines is 1. The van der Waals surface area contributed by atoms with Crippen molar-refractivity contribution in [2.75, 3.05) is 20.1 Å². The number of nitrogens with zero attached hydrogens (tertiary/aromatic N) is 4. The molecule has 0 saturated carbocycles. The molecule has 0 aromatic carbocycles. The molecule has 0 radical (unpaired) electrons. The van der Waals surface area contributed by atoms with Crippen LogP contribution >= 0.6 is 0 Å². The number of allylic oxidation sites excluding steroid dienone is 1. The lowest BCUT2D eigenvalue weighted by Crippen LogP contribution is -2.16. The van der Waals surface area contributed by atoms with Gasteiger partial charge in [0.15, 0.2) is 0 Å². The predicted molar refractivity (Wildman–Crippen MR) is 79.2 cm³/mol. The zero-order chi connectivity index (χ0) is 13.7. The number of hydrogen-bond donors (Lipinski definition) is 1. The SMILES string of the molecule is CCN(/C=C(\C=NC)c1ncnc2[nH]ccc12)CC. The predicted octanol–water partition coefficient (Wildman–Crippen LogP) is 2.34. The summed E-state index contributed by atoms with van der Waals surface area (Å²) in [6.45, 7) is 6.18. The van der Waals surface area contributed by atoms with Crippen LogP contribution in [0.4, 0.5) is 0 Å². The highest BCUT2D eigenvalue weighted by Gasteiger charge is 2.09. The van der Waals surface area contributed by atoms with E-state index < -0.39 is 0 Å². The summed E-state index contributed by atoms with van der Waals surface area (Å²) in [5.41, 5.74) is 2.75. The summed E-state index contributed by atoms with van der Waals surface area (Å²) in [6, 6.07) is 1.99. The van der Waals surface area contributed by atoms with E-state index in [1.165, 1.54) is 0 Å². The minimum atomic E-state index is 0.847. The molecule has 2 aromatic rings. The van der Waals surface area contributed by atoms with Crippen molar-refractivity contribution in [1.82, 2.24) is 19.9 Å². The minimum absolute atomic E-state index is 0.847. The summed E-state index contributed by atoms with van der Waals surface area (Å²) in [7, 11) is 1.77. The molecular weight excluding hydrogens is 238 g/mol. The highest BCUT2D eigenvalue weighted by atomic mass is 15.1. The first-order chi connectivity index (χ1) is 9.30. The normalized spacial score (nSPS) is 12.5. The van der Waals surface area contributed by atoms with Crippen LogP contribution in [0.5, 0.6) is 0 Å². The van der Waals surface area contributed by atoms with Gasteiger partial charge in [-0.1, -0.05) is 0 Å². The van der Waals surface area contributed by atoms with E-state index in [0.29, 0.717) is 0 Å². The quantitative estimate of drug-likeness (QED) is 0.836. The number of aromatic nitrogens is 3. The highest BCUT2D eigenvalue weighted by Crippen LogP contribution is 2.20. The summed E-state index contributed by atoms with van der Waals surface area (Å²) in [6.07, 6.45) is 7.39. The molecule has 0 fully saturated rings. The van der Waals surface area contributed by atoms with Gasteiger partial charge < -0.3 is 9.88 Å². The fourth-order valence-electron chi connectivity index (χ4n) is 2.00. The van der Waals surface area contributed by atoms with Crippen molar-refractivity contribution < 1.29 is 0 Å².